The van der Waals surface area contributed by atoms with Crippen molar-refractivity contribution in [3.8, 4) is 11.5 Å². The largest absolute Gasteiger partial charge is 0.493 e. The first kappa shape index (κ1) is 32.5. The van der Waals surface area contributed by atoms with Crippen LogP contribution in [0.4, 0.5) is 5.69 Å². The van der Waals surface area contributed by atoms with Crippen molar-refractivity contribution in [3.63, 3.8) is 0 Å². The van der Waals surface area contributed by atoms with Gasteiger partial charge in [0.05, 0.1) is 24.8 Å². The number of carbonyl (C=O) groups excluding carboxylic acids is 2. The maximum absolute atomic E-state index is 14.2. The monoisotopic (exact) mass is 595 g/mol. The Kier molecular flexibility index (Phi) is 11.4. The summed E-state index contributed by atoms with van der Waals surface area (Å²) in [7, 11) is -1.36. The number of carbonyl (C=O) groups is 2. The van der Waals surface area contributed by atoms with E-state index in [1.54, 1.807) is 30.3 Å². The van der Waals surface area contributed by atoms with Crippen LogP contribution in [-0.2, 0) is 26.2 Å². The van der Waals surface area contributed by atoms with Gasteiger partial charge in [0.15, 0.2) is 11.5 Å². The predicted molar refractivity (Wildman–Crippen MR) is 164 cm³/mol. The number of aryl methyl sites for hydroxylation is 1. The van der Waals surface area contributed by atoms with Crippen LogP contribution >= 0.6 is 0 Å². The minimum Gasteiger partial charge on any atom is -0.493 e. The molecule has 0 saturated carbocycles. The number of nitrogens with one attached hydrogen (secondary N) is 1. The van der Waals surface area contributed by atoms with Gasteiger partial charge >= 0.3 is 0 Å². The lowest BCUT2D eigenvalue weighted by molar-refractivity contribution is -0.140. The quantitative estimate of drug-likeness (QED) is 0.283. The normalized spacial score (nSPS) is 12.6. The average Bonchev–Trinajstić information content (AvgIpc) is 3.00. The van der Waals surface area contributed by atoms with E-state index in [0.29, 0.717) is 17.9 Å². The zero-order valence-electron chi connectivity index (χ0n) is 25.2. The molecule has 0 heterocycles. The minimum absolute atomic E-state index is 0.0663. The van der Waals surface area contributed by atoms with Gasteiger partial charge in [-0.1, -0.05) is 61.9 Å². The smallest absolute Gasteiger partial charge is 0.264 e. The number of ether oxygens (including phenoxy) is 2. The van der Waals surface area contributed by atoms with Crippen molar-refractivity contribution in [2.45, 2.75) is 64.1 Å². The highest BCUT2D eigenvalue weighted by Crippen LogP contribution is 2.32. The van der Waals surface area contributed by atoms with E-state index in [4.69, 9.17) is 9.47 Å². The lowest BCUT2D eigenvalue weighted by Crippen LogP contribution is -2.53. The second-order valence-electron chi connectivity index (χ2n) is 10.1. The second kappa shape index (κ2) is 14.7. The first-order valence-corrected chi connectivity index (χ1v) is 15.4. The summed E-state index contributed by atoms with van der Waals surface area (Å²) in [6.45, 7) is 7.31. The van der Waals surface area contributed by atoms with E-state index < -0.39 is 28.5 Å². The molecule has 0 radical (unpaired) electrons. The Balaban J connectivity index is 2.06. The van der Waals surface area contributed by atoms with E-state index in [-0.39, 0.29) is 29.1 Å². The summed E-state index contributed by atoms with van der Waals surface area (Å²) >= 11 is 0. The van der Waals surface area contributed by atoms with Crippen LogP contribution in [0.1, 0.15) is 44.7 Å². The molecule has 0 aliphatic heterocycles. The maximum atomic E-state index is 14.2. The fourth-order valence-electron chi connectivity index (χ4n) is 4.48. The Labute approximate surface area is 249 Å². The third kappa shape index (κ3) is 7.82. The molecule has 10 heteroatoms. The molecule has 42 heavy (non-hydrogen) atoms. The molecule has 0 spiro atoms. The molecule has 0 bridgehead atoms. The van der Waals surface area contributed by atoms with Crippen LogP contribution in [-0.4, -0.2) is 58.0 Å². The molecule has 3 aromatic carbocycles. The molecule has 1 N–H and O–H groups in total. The Morgan fingerprint density at radius 1 is 0.881 bits per heavy atom. The molecule has 2 amide bonds. The number of methoxy groups -OCH3 is 2. The van der Waals surface area contributed by atoms with Gasteiger partial charge in [-0.15, -0.1) is 0 Å². The molecule has 2 atom stereocenters. The minimum atomic E-state index is -4.24. The van der Waals surface area contributed by atoms with Crippen LogP contribution in [0.3, 0.4) is 0 Å². The number of sulfonamides is 1. The Morgan fingerprint density at radius 2 is 1.52 bits per heavy atom. The molecule has 0 fully saturated rings. The van der Waals surface area contributed by atoms with Crippen LogP contribution in [0.2, 0.25) is 0 Å². The first-order valence-electron chi connectivity index (χ1n) is 14.0. The fraction of sp³-hybridized carbons (Fsp3) is 0.375. The molecule has 0 aliphatic rings. The molecule has 9 nitrogen and oxygen atoms in total. The zero-order chi connectivity index (χ0) is 30.9. The lowest BCUT2D eigenvalue weighted by atomic mass is 10.1. The Morgan fingerprint density at radius 3 is 2.10 bits per heavy atom. The van der Waals surface area contributed by atoms with Crippen LogP contribution < -0.4 is 19.1 Å². The number of amides is 2. The average molecular weight is 596 g/mol. The van der Waals surface area contributed by atoms with Crippen molar-refractivity contribution < 1.29 is 27.5 Å². The molecule has 0 unspecified atom stereocenters. The first-order chi connectivity index (χ1) is 20.0. The van der Waals surface area contributed by atoms with Crippen molar-refractivity contribution in [3.05, 3.63) is 83.9 Å². The standard InChI is InChI=1S/C32H41N3O6S/c1-7-24(4)33-32(37)28(8-2)34(21-25-16-14-23(3)15-17-25)31(36)22-35(26-12-10-9-11-13-26)42(38,39)27-18-19-29(40-5)30(20-27)41-6/h9-20,24,28H,7-8,21-22H2,1-6H3,(H,33,37)/t24-,28-/m0/s1. The molecule has 0 saturated heterocycles. The van der Waals surface area contributed by atoms with E-state index in [9.17, 15) is 18.0 Å². The SMILES string of the molecule is CC[C@H](C)NC(=O)[C@H](CC)N(Cc1ccc(C)cc1)C(=O)CN(c1ccccc1)S(=O)(=O)c1ccc(OC)c(OC)c1. The van der Waals surface area contributed by atoms with Crippen molar-refractivity contribution in [1.82, 2.24) is 10.2 Å². The molecule has 226 valence electrons. The van der Waals surface area contributed by atoms with Crippen LogP contribution in [0.5, 0.6) is 11.5 Å². The summed E-state index contributed by atoms with van der Waals surface area (Å²) in [5.41, 5.74) is 2.21. The number of rotatable bonds is 14. The van der Waals surface area contributed by atoms with Crippen LogP contribution in [0.25, 0.3) is 0 Å². The van der Waals surface area contributed by atoms with Gasteiger partial charge in [0.2, 0.25) is 11.8 Å². The highest BCUT2D eigenvalue weighted by molar-refractivity contribution is 7.92. The number of benzene rings is 3. The number of hydrogen-bond acceptors (Lipinski definition) is 6. The van der Waals surface area contributed by atoms with Crippen molar-refractivity contribution in [1.29, 1.82) is 0 Å². The van der Waals surface area contributed by atoms with Crippen LogP contribution in [0, 0.1) is 6.92 Å². The fourth-order valence-corrected chi connectivity index (χ4v) is 5.91. The van der Waals surface area contributed by atoms with E-state index in [2.05, 4.69) is 5.32 Å². The second-order valence-corrected chi connectivity index (χ2v) is 12.0. The topological polar surface area (TPSA) is 105 Å². The molecular weight excluding hydrogens is 554 g/mol. The van der Waals surface area contributed by atoms with Crippen molar-refractivity contribution in [2.24, 2.45) is 0 Å². The summed E-state index contributed by atoms with van der Waals surface area (Å²) in [5, 5.41) is 2.98. The van der Waals surface area contributed by atoms with Gasteiger partial charge in [0.25, 0.3) is 10.0 Å². The lowest BCUT2D eigenvalue weighted by Gasteiger charge is -2.33. The molecule has 3 rings (SSSR count). The molecular formula is C32H41N3O6S. The third-order valence-corrected chi connectivity index (χ3v) is 8.90. The van der Waals surface area contributed by atoms with Gasteiger partial charge in [-0.05, 0) is 56.5 Å². The maximum Gasteiger partial charge on any atom is 0.264 e. The van der Waals surface area contributed by atoms with Gasteiger partial charge in [-0.3, -0.25) is 13.9 Å². The van der Waals surface area contributed by atoms with E-state index in [1.165, 1.54) is 37.3 Å². The van der Waals surface area contributed by atoms with Crippen LogP contribution in [0.15, 0.2) is 77.7 Å². The molecule has 0 aromatic heterocycles. The molecule has 3 aromatic rings. The van der Waals surface area contributed by atoms with Crippen molar-refractivity contribution >= 4 is 27.5 Å². The van der Waals surface area contributed by atoms with Gasteiger partial charge in [-0.25, -0.2) is 8.42 Å². The third-order valence-electron chi connectivity index (χ3n) is 7.13. The highest BCUT2D eigenvalue weighted by Gasteiger charge is 2.34. The Hall–Kier alpha value is -4.05. The van der Waals surface area contributed by atoms with Gasteiger partial charge < -0.3 is 19.7 Å². The number of nitrogens with zero attached hydrogens (tertiary/aromatic N) is 2. The number of para-hydroxylation sites is 1. The highest BCUT2D eigenvalue weighted by atomic mass is 32.2. The summed E-state index contributed by atoms with van der Waals surface area (Å²) < 4.78 is 39.9. The van der Waals surface area contributed by atoms with Crippen molar-refractivity contribution in [2.75, 3.05) is 25.1 Å². The zero-order valence-corrected chi connectivity index (χ0v) is 26.0. The summed E-state index contributed by atoms with van der Waals surface area (Å²) in [4.78, 5) is 28.9. The van der Waals surface area contributed by atoms with E-state index in [0.717, 1.165) is 21.9 Å². The van der Waals surface area contributed by atoms with Gasteiger partial charge in [0, 0.05) is 18.7 Å². The summed E-state index contributed by atoms with van der Waals surface area (Å²) in [6, 6.07) is 19.5. The van der Waals surface area contributed by atoms with Gasteiger partial charge in [0.1, 0.15) is 12.6 Å². The van der Waals surface area contributed by atoms with E-state index >= 15 is 0 Å². The van der Waals surface area contributed by atoms with E-state index in [1.807, 2.05) is 52.0 Å². The van der Waals surface area contributed by atoms with Gasteiger partial charge in [-0.2, -0.15) is 0 Å². The summed E-state index contributed by atoms with van der Waals surface area (Å²) in [5.74, 6) is -0.163. The number of anilines is 1. The Bertz CT molecular complexity index is 1440. The molecule has 0 aliphatic carbocycles. The summed E-state index contributed by atoms with van der Waals surface area (Å²) in [6.07, 6.45) is 1.09. The number of hydrogen-bond donors (Lipinski definition) is 1. The predicted octanol–water partition coefficient (Wildman–Crippen LogP) is 4.93.